The van der Waals surface area contributed by atoms with Gasteiger partial charge in [0.15, 0.2) is 0 Å². The molecule has 1 aromatic heterocycles. The zero-order valence-electron chi connectivity index (χ0n) is 15.5. The lowest BCUT2D eigenvalue weighted by molar-refractivity contribution is 0.102. The molecule has 3 aromatic rings. The number of rotatable bonds is 5. The standard InChI is InChI=1S/C22H18FN3O2/c1-14-8-17(22(27)26-19-5-6-20(23)18(10-19)11-24)9-15(2)21(14)28-13-16-4-3-7-25-12-16/h3-10,12H,13H2,1-2H3,(H,26,27). The molecule has 140 valence electrons. The van der Waals surface area contributed by atoms with E-state index < -0.39 is 5.82 Å². The second kappa shape index (κ2) is 8.31. The molecule has 1 N–H and O–H groups in total. The van der Waals surface area contributed by atoms with Crippen molar-refractivity contribution in [3.63, 3.8) is 0 Å². The molecule has 0 saturated heterocycles. The van der Waals surface area contributed by atoms with Gasteiger partial charge in [-0.1, -0.05) is 6.07 Å². The molecule has 0 atom stereocenters. The lowest BCUT2D eigenvalue weighted by Crippen LogP contribution is -2.13. The number of nitriles is 1. The summed E-state index contributed by atoms with van der Waals surface area (Å²) < 4.78 is 19.3. The van der Waals surface area contributed by atoms with Gasteiger partial charge in [0.2, 0.25) is 0 Å². The number of carbonyl (C=O) groups excluding carboxylic acids is 1. The number of ether oxygens (including phenoxy) is 1. The highest BCUT2D eigenvalue weighted by atomic mass is 19.1. The Labute approximate surface area is 162 Å². The monoisotopic (exact) mass is 375 g/mol. The van der Waals surface area contributed by atoms with Gasteiger partial charge in [0, 0.05) is 29.2 Å². The molecule has 0 fully saturated rings. The molecule has 3 rings (SSSR count). The average molecular weight is 375 g/mol. The minimum Gasteiger partial charge on any atom is -0.488 e. The molecule has 0 aliphatic heterocycles. The van der Waals surface area contributed by atoms with Gasteiger partial charge in [0.25, 0.3) is 5.91 Å². The Kier molecular flexibility index (Phi) is 5.66. The predicted molar refractivity (Wildman–Crippen MR) is 104 cm³/mol. The molecule has 0 saturated carbocycles. The Bertz CT molecular complexity index is 1040. The summed E-state index contributed by atoms with van der Waals surface area (Å²) in [6, 6.07) is 12.9. The van der Waals surface area contributed by atoms with Crippen LogP contribution in [0.15, 0.2) is 54.9 Å². The molecule has 28 heavy (non-hydrogen) atoms. The summed E-state index contributed by atoms with van der Waals surface area (Å²) in [6.45, 7) is 4.12. The first-order valence-corrected chi connectivity index (χ1v) is 8.62. The van der Waals surface area contributed by atoms with Gasteiger partial charge in [-0.15, -0.1) is 0 Å². The van der Waals surface area contributed by atoms with Gasteiger partial charge in [0.1, 0.15) is 24.2 Å². The largest absolute Gasteiger partial charge is 0.488 e. The first-order valence-electron chi connectivity index (χ1n) is 8.62. The summed E-state index contributed by atoms with van der Waals surface area (Å²) >= 11 is 0. The first kappa shape index (κ1) is 19.1. The normalized spacial score (nSPS) is 10.2. The number of nitrogens with zero attached hydrogens (tertiary/aromatic N) is 2. The van der Waals surface area contributed by atoms with Gasteiger partial charge in [-0.3, -0.25) is 9.78 Å². The van der Waals surface area contributed by atoms with E-state index in [9.17, 15) is 9.18 Å². The van der Waals surface area contributed by atoms with Crippen molar-refractivity contribution in [1.82, 2.24) is 4.98 Å². The molecule has 0 unspecified atom stereocenters. The third kappa shape index (κ3) is 4.33. The van der Waals surface area contributed by atoms with Crippen molar-refractivity contribution in [2.45, 2.75) is 20.5 Å². The van der Waals surface area contributed by atoms with E-state index in [-0.39, 0.29) is 11.5 Å². The molecule has 2 aromatic carbocycles. The predicted octanol–water partition coefficient (Wildman–Crippen LogP) is 4.54. The van der Waals surface area contributed by atoms with Gasteiger partial charge >= 0.3 is 0 Å². The maximum Gasteiger partial charge on any atom is 0.255 e. The van der Waals surface area contributed by atoms with Crippen molar-refractivity contribution in [3.8, 4) is 11.8 Å². The molecule has 0 radical (unpaired) electrons. The van der Waals surface area contributed by atoms with Crippen LogP contribution in [0.5, 0.6) is 5.75 Å². The Morgan fingerprint density at radius 1 is 1.21 bits per heavy atom. The molecule has 1 amide bonds. The fraction of sp³-hybridized carbons (Fsp3) is 0.136. The number of aryl methyl sites for hydroxylation is 2. The summed E-state index contributed by atoms with van der Waals surface area (Å²) in [5, 5.41) is 11.6. The van der Waals surface area contributed by atoms with Crippen LogP contribution in [0.1, 0.15) is 32.6 Å². The number of benzene rings is 2. The van der Waals surface area contributed by atoms with Crippen molar-refractivity contribution in [2.75, 3.05) is 5.32 Å². The van der Waals surface area contributed by atoms with Gasteiger partial charge in [-0.25, -0.2) is 4.39 Å². The second-order valence-corrected chi connectivity index (χ2v) is 6.35. The van der Waals surface area contributed by atoms with Crippen LogP contribution in [0.2, 0.25) is 0 Å². The maximum atomic E-state index is 13.4. The highest BCUT2D eigenvalue weighted by Crippen LogP contribution is 2.26. The van der Waals surface area contributed by atoms with Gasteiger partial charge in [-0.05, 0) is 61.4 Å². The number of hydrogen-bond acceptors (Lipinski definition) is 4. The van der Waals surface area contributed by atoms with E-state index in [2.05, 4.69) is 10.3 Å². The SMILES string of the molecule is Cc1cc(C(=O)Nc2ccc(F)c(C#N)c2)cc(C)c1OCc1cccnc1. The van der Waals surface area contributed by atoms with Gasteiger partial charge in [-0.2, -0.15) is 5.26 Å². The van der Waals surface area contributed by atoms with Crippen LogP contribution in [-0.2, 0) is 6.61 Å². The number of amides is 1. The summed E-state index contributed by atoms with van der Waals surface area (Å²) in [7, 11) is 0. The van der Waals surface area contributed by atoms with E-state index >= 15 is 0 Å². The molecule has 6 heteroatoms. The summed E-state index contributed by atoms with van der Waals surface area (Å²) in [6.07, 6.45) is 3.44. The molecule has 0 aliphatic carbocycles. The van der Waals surface area contributed by atoms with Crippen molar-refractivity contribution >= 4 is 11.6 Å². The number of hydrogen-bond donors (Lipinski definition) is 1. The summed E-state index contributed by atoms with van der Waals surface area (Å²) in [5.41, 5.74) is 3.29. The second-order valence-electron chi connectivity index (χ2n) is 6.35. The lowest BCUT2D eigenvalue weighted by atomic mass is 10.0. The van der Waals surface area contributed by atoms with E-state index in [1.165, 1.54) is 12.1 Å². The molecule has 5 nitrogen and oxygen atoms in total. The molecule has 0 aliphatic rings. The quantitative estimate of drug-likeness (QED) is 0.710. The van der Waals surface area contributed by atoms with E-state index in [0.717, 1.165) is 22.8 Å². The maximum absolute atomic E-state index is 13.4. The molecule has 1 heterocycles. The van der Waals surface area contributed by atoms with E-state index in [1.54, 1.807) is 30.6 Å². The van der Waals surface area contributed by atoms with Gasteiger partial charge < -0.3 is 10.1 Å². The fourth-order valence-corrected chi connectivity index (χ4v) is 2.84. The van der Waals surface area contributed by atoms with Crippen molar-refractivity contribution in [1.29, 1.82) is 5.26 Å². The average Bonchev–Trinajstić information content (AvgIpc) is 2.69. The van der Waals surface area contributed by atoms with Crippen LogP contribution < -0.4 is 10.1 Å². The molecular formula is C22H18FN3O2. The highest BCUT2D eigenvalue weighted by Gasteiger charge is 2.13. The molecule has 0 spiro atoms. The van der Waals surface area contributed by atoms with Crippen molar-refractivity contribution in [2.24, 2.45) is 0 Å². The Balaban J connectivity index is 1.76. The Morgan fingerprint density at radius 2 is 1.96 bits per heavy atom. The summed E-state index contributed by atoms with van der Waals surface area (Å²) in [4.78, 5) is 16.6. The number of pyridine rings is 1. The Morgan fingerprint density at radius 3 is 2.61 bits per heavy atom. The van der Waals surface area contributed by atoms with Crippen LogP contribution >= 0.6 is 0 Å². The minimum absolute atomic E-state index is 0.121. The van der Waals surface area contributed by atoms with Crippen molar-refractivity contribution < 1.29 is 13.9 Å². The third-order valence-corrected chi connectivity index (χ3v) is 4.17. The molecular weight excluding hydrogens is 357 g/mol. The lowest BCUT2D eigenvalue weighted by Gasteiger charge is -2.14. The van der Waals surface area contributed by atoms with Gasteiger partial charge in [0.05, 0.1) is 5.56 Å². The number of anilines is 1. The number of aromatic nitrogens is 1. The first-order chi connectivity index (χ1) is 13.5. The van der Waals surface area contributed by atoms with Crippen LogP contribution in [-0.4, -0.2) is 10.9 Å². The van der Waals surface area contributed by atoms with Crippen LogP contribution in [0, 0.1) is 31.0 Å². The van der Waals surface area contributed by atoms with E-state index in [1.807, 2.05) is 26.0 Å². The fourth-order valence-electron chi connectivity index (χ4n) is 2.84. The zero-order valence-corrected chi connectivity index (χ0v) is 15.5. The van der Waals surface area contributed by atoms with Crippen LogP contribution in [0.3, 0.4) is 0 Å². The number of nitrogens with one attached hydrogen (secondary N) is 1. The third-order valence-electron chi connectivity index (χ3n) is 4.17. The number of carbonyl (C=O) groups is 1. The zero-order chi connectivity index (χ0) is 20.1. The highest BCUT2D eigenvalue weighted by molar-refractivity contribution is 6.04. The number of halogens is 1. The van der Waals surface area contributed by atoms with E-state index in [4.69, 9.17) is 10.00 Å². The smallest absolute Gasteiger partial charge is 0.255 e. The topological polar surface area (TPSA) is 75.0 Å². The minimum atomic E-state index is -0.623. The van der Waals surface area contributed by atoms with Crippen LogP contribution in [0.25, 0.3) is 0 Å². The van der Waals surface area contributed by atoms with E-state index in [0.29, 0.717) is 23.6 Å². The molecule has 0 bridgehead atoms. The summed E-state index contributed by atoms with van der Waals surface area (Å²) in [5.74, 6) is -0.253. The van der Waals surface area contributed by atoms with Crippen LogP contribution in [0.4, 0.5) is 10.1 Å². The Hall–Kier alpha value is -3.72. The van der Waals surface area contributed by atoms with Crippen molar-refractivity contribution in [3.05, 3.63) is 88.5 Å².